The molecule has 0 saturated heterocycles. The first-order valence-corrected chi connectivity index (χ1v) is 8.18. The lowest BCUT2D eigenvalue weighted by atomic mass is 9.91. The molecule has 20 heavy (non-hydrogen) atoms. The number of rotatable bonds is 6. The van der Waals surface area contributed by atoms with Crippen LogP contribution in [0.2, 0.25) is 0 Å². The number of thioether (sulfide) groups is 1. The first-order chi connectivity index (χ1) is 9.71. The molecular formula is C14H24N4OS. The van der Waals surface area contributed by atoms with Gasteiger partial charge in [0.05, 0.1) is 0 Å². The monoisotopic (exact) mass is 296 g/mol. The predicted molar refractivity (Wildman–Crippen MR) is 82.4 cm³/mol. The number of nitrogens with two attached hydrogens (primary N) is 1. The van der Waals surface area contributed by atoms with Gasteiger partial charge >= 0.3 is 0 Å². The normalized spacial score (nSPS) is 22.8. The van der Waals surface area contributed by atoms with E-state index in [2.05, 4.69) is 22.3 Å². The number of hydrazine groups is 1. The van der Waals surface area contributed by atoms with Crippen LogP contribution in [-0.4, -0.2) is 21.8 Å². The summed E-state index contributed by atoms with van der Waals surface area (Å²) in [5.74, 6) is 7.64. The van der Waals surface area contributed by atoms with Crippen LogP contribution in [0.15, 0.2) is 11.1 Å². The third-order valence-electron chi connectivity index (χ3n) is 3.51. The van der Waals surface area contributed by atoms with Crippen LogP contribution in [0.4, 0.5) is 5.82 Å². The molecule has 2 atom stereocenters. The van der Waals surface area contributed by atoms with Gasteiger partial charge in [0.15, 0.2) is 5.82 Å². The minimum Gasteiger partial charge on any atom is -0.374 e. The van der Waals surface area contributed by atoms with Gasteiger partial charge in [-0.25, -0.2) is 15.8 Å². The molecule has 1 fully saturated rings. The van der Waals surface area contributed by atoms with Gasteiger partial charge in [-0.2, -0.15) is 0 Å². The number of nitrogens with zero attached hydrogens (tertiary/aromatic N) is 2. The molecule has 0 radical (unpaired) electrons. The Morgan fingerprint density at radius 3 is 3.00 bits per heavy atom. The quantitative estimate of drug-likeness (QED) is 0.477. The van der Waals surface area contributed by atoms with Gasteiger partial charge in [-0.15, -0.1) is 11.8 Å². The fourth-order valence-corrected chi connectivity index (χ4v) is 3.91. The van der Waals surface area contributed by atoms with Crippen molar-refractivity contribution in [2.24, 2.45) is 11.8 Å². The number of anilines is 1. The number of nitrogens with one attached hydrogen (secondary N) is 1. The van der Waals surface area contributed by atoms with Crippen LogP contribution in [0.5, 0.6) is 0 Å². The fraction of sp³-hybridized carbons (Fsp3) is 0.714. The molecule has 1 saturated carbocycles. The van der Waals surface area contributed by atoms with E-state index in [9.17, 15) is 0 Å². The van der Waals surface area contributed by atoms with Crippen LogP contribution >= 0.6 is 11.8 Å². The standard InChI is InChI=1S/C14H24N4OS/c1-3-19-9-13-16-12(18-15)8-14(17-13)20-11-6-4-5-10(2)7-11/h8,10-11H,3-7,9,15H2,1-2H3,(H,16,17,18). The van der Waals surface area contributed by atoms with Crippen LogP contribution in [0.3, 0.4) is 0 Å². The SMILES string of the molecule is CCOCc1nc(NN)cc(SC2CCCC(C)C2)n1. The van der Waals surface area contributed by atoms with Gasteiger partial charge in [0, 0.05) is 17.9 Å². The highest BCUT2D eigenvalue weighted by Gasteiger charge is 2.20. The summed E-state index contributed by atoms with van der Waals surface area (Å²) < 4.78 is 5.38. The summed E-state index contributed by atoms with van der Waals surface area (Å²) in [5.41, 5.74) is 2.61. The molecule has 3 N–H and O–H groups in total. The Morgan fingerprint density at radius 1 is 1.45 bits per heavy atom. The number of aromatic nitrogens is 2. The van der Waals surface area contributed by atoms with Crippen LogP contribution in [0, 0.1) is 5.92 Å². The lowest BCUT2D eigenvalue weighted by molar-refractivity contribution is 0.128. The summed E-state index contributed by atoms with van der Waals surface area (Å²) in [6, 6.07) is 1.92. The lowest BCUT2D eigenvalue weighted by Crippen LogP contribution is -2.16. The first kappa shape index (κ1) is 15.5. The predicted octanol–water partition coefficient (Wildman–Crippen LogP) is 2.97. The number of ether oxygens (including phenoxy) is 1. The van der Waals surface area contributed by atoms with Crippen LogP contribution in [0.25, 0.3) is 0 Å². The summed E-state index contributed by atoms with van der Waals surface area (Å²) >= 11 is 1.84. The third kappa shape index (κ3) is 4.61. The van der Waals surface area contributed by atoms with Gasteiger partial charge < -0.3 is 10.2 Å². The fourth-order valence-electron chi connectivity index (χ4n) is 2.52. The van der Waals surface area contributed by atoms with E-state index < -0.39 is 0 Å². The van der Waals surface area contributed by atoms with Gasteiger partial charge in [-0.3, -0.25) is 0 Å². The Labute approximate surface area is 125 Å². The molecule has 6 heteroatoms. The number of hydrogen-bond acceptors (Lipinski definition) is 6. The minimum atomic E-state index is 0.431. The molecular weight excluding hydrogens is 272 g/mol. The van der Waals surface area contributed by atoms with Crippen molar-refractivity contribution < 1.29 is 4.74 Å². The summed E-state index contributed by atoms with van der Waals surface area (Å²) in [6.07, 6.45) is 5.20. The molecule has 2 rings (SSSR count). The summed E-state index contributed by atoms with van der Waals surface area (Å²) in [5, 5.41) is 1.64. The van der Waals surface area contributed by atoms with Gasteiger partial charge in [-0.05, 0) is 25.7 Å². The smallest absolute Gasteiger partial charge is 0.157 e. The molecule has 0 aromatic carbocycles. The average molecular weight is 296 g/mol. The molecule has 1 aromatic rings. The van der Waals surface area contributed by atoms with Crippen LogP contribution in [-0.2, 0) is 11.3 Å². The van der Waals surface area contributed by atoms with Crippen molar-refractivity contribution >= 4 is 17.6 Å². The van der Waals surface area contributed by atoms with Crippen LogP contribution in [0.1, 0.15) is 45.4 Å². The summed E-state index contributed by atoms with van der Waals surface area (Å²) in [7, 11) is 0. The highest BCUT2D eigenvalue weighted by atomic mass is 32.2. The van der Waals surface area contributed by atoms with Gasteiger partial charge in [0.2, 0.25) is 0 Å². The molecule has 0 aliphatic heterocycles. The summed E-state index contributed by atoms with van der Waals surface area (Å²) in [4.78, 5) is 8.88. The molecule has 1 heterocycles. The van der Waals surface area contributed by atoms with E-state index in [0.29, 0.717) is 30.1 Å². The van der Waals surface area contributed by atoms with Crippen molar-refractivity contribution in [3.63, 3.8) is 0 Å². The number of nitrogen functional groups attached to an aromatic ring is 1. The van der Waals surface area contributed by atoms with Gasteiger partial charge in [-0.1, -0.05) is 19.8 Å². The Morgan fingerprint density at radius 2 is 2.30 bits per heavy atom. The van der Waals surface area contributed by atoms with Crippen molar-refractivity contribution in [2.45, 2.75) is 56.4 Å². The lowest BCUT2D eigenvalue weighted by Gasteiger charge is -2.25. The Kier molecular flexibility index (Phi) is 6.06. The molecule has 0 spiro atoms. The van der Waals surface area contributed by atoms with E-state index in [-0.39, 0.29) is 0 Å². The third-order valence-corrected chi connectivity index (χ3v) is 4.72. The Bertz CT molecular complexity index is 430. The largest absolute Gasteiger partial charge is 0.374 e. The Balaban J connectivity index is 2.05. The van der Waals surface area contributed by atoms with E-state index in [0.717, 1.165) is 10.9 Å². The van der Waals surface area contributed by atoms with Crippen molar-refractivity contribution in [2.75, 3.05) is 12.0 Å². The van der Waals surface area contributed by atoms with E-state index in [1.165, 1.54) is 25.7 Å². The Hall–Kier alpha value is -0.850. The topological polar surface area (TPSA) is 73.1 Å². The van der Waals surface area contributed by atoms with Crippen molar-refractivity contribution in [1.29, 1.82) is 0 Å². The summed E-state index contributed by atoms with van der Waals surface area (Å²) in [6.45, 7) is 5.39. The molecule has 0 bridgehead atoms. The molecule has 1 aliphatic rings. The minimum absolute atomic E-state index is 0.431. The first-order valence-electron chi connectivity index (χ1n) is 7.30. The maximum atomic E-state index is 5.48. The van der Waals surface area contributed by atoms with E-state index in [1.54, 1.807) is 0 Å². The molecule has 112 valence electrons. The average Bonchev–Trinajstić information content (AvgIpc) is 2.45. The zero-order valence-corrected chi connectivity index (χ0v) is 13.1. The highest BCUT2D eigenvalue weighted by Crippen LogP contribution is 2.35. The van der Waals surface area contributed by atoms with E-state index in [1.807, 2.05) is 24.8 Å². The molecule has 5 nitrogen and oxygen atoms in total. The zero-order valence-electron chi connectivity index (χ0n) is 12.3. The van der Waals surface area contributed by atoms with E-state index in [4.69, 9.17) is 10.6 Å². The second-order valence-electron chi connectivity index (χ2n) is 5.30. The van der Waals surface area contributed by atoms with Gasteiger partial charge in [0.25, 0.3) is 0 Å². The zero-order chi connectivity index (χ0) is 14.4. The molecule has 2 unspecified atom stereocenters. The van der Waals surface area contributed by atoms with Crippen molar-refractivity contribution in [3.05, 3.63) is 11.9 Å². The number of hydrogen-bond donors (Lipinski definition) is 2. The maximum Gasteiger partial charge on any atom is 0.157 e. The second-order valence-corrected chi connectivity index (χ2v) is 6.62. The van der Waals surface area contributed by atoms with Gasteiger partial charge in [0.1, 0.15) is 17.5 Å². The van der Waals surface area contributed by atoms with E-state index >= 15 is 0 Å². The second kappa shape index (κ2) is 7.81. The molecule has 1 aliphatic carbocycles. The molecule has 1 aromatic heterocycles. The highest BCUT2D eigenvalue weighted by molar-refractivity contribution is 7.99. The maximum absolute atomic E-state index is 5.48. The van der Waals surface area contributed by atoms with Crippen LogP contribution < -0.4 is 11.3 Å². The van der Waals surface area contributed by atoms with Crippen molar-refractivity contribution in [3.8, 4) is 0 Å². The van der Waals surface area contributed by atoms with Crippen molar-refractivity contribution in [1.82, 2.24) is 9.97 Å². The molecule has 0 amide bonds.